The first-order valence-corrected chi connectivity index (χ1v) is 8.99. The topological polar surface area (TPSA) is 100 Å². The van der Waals surface area contributed by atoms with Crippen LogP contribution in [-0.4, -0.2) is 33.5 Å². The van der Waals surface area contributed by atoms with Gasteiger partial charge in [-0.05, 0) is 30.4 Å². The van der Waals surface area contributed by atoms with Crippen molar-refractivity contribution in [3.63, 3.8) is 0 Å². The highest BCUT2D eigenvalue weighted by Crippen LogP contribution is 2.36. The molecule has 0 fully saturated rings. The van der Waals surface area contributed by atoms with Gasteiger partial charge < -0.3 is 15.0 Å². The summed E-state index contributed by atoms with van der Waals surface area (Å²) in [4.78, 5) is 32.4. The van der Waals surface area contributed by atoms with Crippen LogP contribution in [0.2, 0.25) is 0 Å². The molecule has 7 heteroatoms. The third-order valence-corrected chi connectivity index (χ3v) is 4.57. The van der Waals surface area contributed by atoms with Crippen molar-refractivity contribution >= 4 is 12.4 Å². The molecule has 0 spiro atoms. The molecule has 0 bridgehead atoms. The highest BCUT2D eigenvalue weighted by Gasteiger charge is 2.32. The number of aryl methyl sites for hydroxylation is 1. The minimum absolute atomic E-state index is 0.0559. The van der Waals surface area contributed by atoms with Gasteiger partial charge in [0.05, 0.1) is 11.7 Å². The Morgan fingerprint density at radius 2 is 2.04 bits per heavy atom. The molecule has 2 rings (SSSR count). The number of aromatic nitrogens is 3. The predicted octanol–water partition coefficient (Wildman–Crippen LogP) is 3.87. The number of carbonyl (C=O) groups excluding carboxylic acids is 2. The third-order valence-electron chi connectivity index (χ3n) is 4.57. The molecule has 146 valence electrons. The van der Waals surface area contributed by atoms with Crippen molar-refractivity contribution in [3.05, 3.63) is 35.5 Å². The number of carbonyl (C=O) groups is 2. The molecule has 1 unspecified atom stereocenters. The van der Waals surface area contributed by atoms with Gasteiger partial charge in [-0.2, -0.15) is 0 Å². The molecule has 2 N–H and O–H groups in total. The van der Waals surface area contributed by atoms with E-state index in [2.05, 4.69) is 23.8 Å². The van der Waals surface area contributed by atoms with Crippen LogP contribution < -0.4 is 5.73 Å². The van der Waals surface area contributed by atoms with Crippen LogP contribution in [-0.2, 0) is 4.74 Å². The largest absolute Gasteiger partial charge is 0.447 e. The zero-order valence-electron chi connectivity index (χ0n) is 16.8. The standard InChI is InChI=1S/C20H28N4O3/c1-12(2)17-14(8-7-9-22-17)18-15(10-25)24(13(3)23-18)16(20(4,5)6)11-27-19(21)26/h7-10,12,16H,11H2,1-6H3,(H2,21,26). The van der Waals surface area contributed by atoms with Crippen molar-refractivity contribution in [3.8, 4) is 11.3 Å². The van der Waals surface area contributed by atoms with Gasteiger partial charge in [0.15, 0.2) is 6.29 Å². The highest BCUT2D eigenvalue weighted by atomic mass is 16.5. The molecular formula is C20H28N4O3. The number of rotatable bonds is 6. The van der Waals surface area contributed by atoms with Crippen molar-refractivity contribution < 1.29 is 14.3 Å². The Kier molecular flexibility index (Phi) is 6.03. The molecule has 0 aromatic carbocycles. The maximum Gasteiger partial charge on any atom is 0.404 e. The van der Waals surface area contributed by atoms with Crippen molar-refractivity contribution in [2.45, 2.75) is 53.5 Å². The lowest BCUT2D eigenvalue weighted by Gasteiger charge is -2.32. The summed E-state index contributed by atoms with van der Waals surface area (Å²) in [7, 11) is 0. The number of hydrogen-bond donors (Lipinski definition) is 1. The Morgan fingerprint density at radius 1 is 1.37 bits per heavy atom. The molecule has 2 aromatic heterocycles. The number of imidazole rings is 1. The van der Waals surface area contributed by atoms with E-state index in [0.717, 1.165) is 17.5 Å². The van der Waals surface area contributed by atoms with E-state index in [1.54, 1.807) is 6.20 Å². The Morgan fingerprint density at radius 3 is 2.56 bits per heavy atom. The molecule has 0 aliphatic heterocycles. The van der Waals surface area contributed by atoms with Gasteiger partial charge in [0.25, 0.3) is 0 Å². The summed E-state index contributed by atoms with van der Waals surface area (Å²) in [5.74, 6) is 0.849. The van der Waals surface area contributed by atoms with Crippen LogP contribution in [0.15, 0.2) is 18.3 Å². The molecule has 1 atom stereocenters. The van der Waals surface area contributed by atoms with Crippen LogP contribution in [0.25, 0.3) is 11.3 Å². The van der Waals surface area contributed by atoms with Crippen molar-refractivity contribution in [1.82, 2.24) is 14.5 Å². The molecular weight excluding hydrogens is 344 g/mol. The van der Waals surface area contributed by atoms with Crippen LogP contribution in [0.3, 0.4) is 0 Å². The fourth-order valence-electron chi connectivity index (χ4n) is 3.22. The van der Waals surface area contributed by atoms with Crippen molar-refractivity contribution in [2.24, 2.45) is 11.1 Å². The molecule has 0 saturated heterocycles. The van der Waals surface area contributed by atoms with Gasteiger partial charge in [-0.15, -0.1) is 0 Å². The van der Waals surface area contributed by atoms with Crippen LogP contribution in [0.5, 0.6) is 0 Å². The average molecular weight is 372 g/mol. The molecule has 0 radical (unpaired) electrons. The quantitative estimate of drug-likeness (QED) is 0.776. The Hall–Kier alpha value is -2.70. The van der Waals surface area contributed by atoms with Crippen LogP contribution >= 0.6 is 0 Å². The summed E-state index contributed by atoms with van der Waals surface area (Å²) < 4.78 is 6.91. The van der Waals surface area contributed by atoms with Gasteiger partial charge in [0, 0.05) is 11.8 Å². The number of ether oxygens (including phenoxy) is 1. The normalized spacial score (nSPS) is 12.9. The monoisotopic (exact) mass is 372 g/mol. The minimum Gasteiger partial charge on any atom is -0.447 e. The van der Waals surface area contributed by atoms with Crippen molar-refractivity contribution in [1.29, 1.82) is 0 Å². The SMILES string of the molecule is Cc1nc(-c2cccnc2C(C)C)c(C=O)n1C(COC(N)=O)C(C)(C)C. The van der Waals surface area contributed by atoms with Gasteiger partial charge in [0.1, 0.15) is 23.8 Å². The fourth-order valence-corrected chi connectivity index (χ4v) is 3.22. The molecule has 2 aromatic rings. The van der Waals surface area contributed by atoms with Gasteiger partial charge in [-0.25, -0.2) is 9.78 Å². The lowest BCUT2D eigenvalue weighted by atomic mass is 9.86. The third kappa shape index (κ3) is 4.35. The summed E-state index contributed by atoms with van der Waals surface area (Å²) in [5, 5.41) is 0. The Labute approximate surface area is 160 Å². The molecule has 0 aliphatic carbocycles. The van der Waals surface area contributed by atoms with Crippen LogP contribution in [0.4, 0.5) is 4.79 Å². The highest BCUT2D eigenvalue weighted by molar-refractivity contribution is 5.85. The second-order valence-electron chi connectivity index (χ2n) is 7.98. The number of primary amides is 1. The van der Waals surface area contributed by atoms with E-state index in [-0.39, 0.29) is 24.0 Å². The minimum atomic E-state index is -0.843. The molecule has 0 saturated carbocycles. The van der Waals surface area contributed by atoms with Gasteiger partial charge >= 0.3 is 6.09 Å². The van der Waals surface area contributed by atoms with E-state index in [1.165, 1.54) is 0 Å². The number of nitrogens with two attached hydrogens (primary N) is 1. The number of pyridine rings is 1. The second-order valence-corrected chi connectivity index (χ2v) is 7.98. The second kappa shape index (κ2) is 7.90. The maximum absolute atomic E-state index is 12.1. The van der Waals surface area contributed by atoms with E-state index in [0.29, 0.717) is 17.2 Å². The first kappa shape index (κ1) is 20.6. The number of amides is 1. The first-order chi connectivity index (χ1) is 12.6. The van der Waals surface area contributed by atoms with Crippen molar-refractivity contribution in [2.75, 3.05) is 6.61 Å². The smallest absolute Gasteiger partial charge is 0.404 e. The molecule has 27 heavy (non-hydrogen) atoms. The maximum atomic E-state index is 12.1. The van der Waals surface area contributed by atoms with E-state index in [4.69, 9.17) is 10.5 Å². The van der Waals surface area contributed by atoms with Crippen LogP contribution in [0, 0.1) is 12.3 Å². The molecule has 0 aliphatic rings. The zero-order chi connectivity index (χ0) is 20.4. The summed E-state index contributed by atoms with van der Waals surface area (Å²) >= 11 is 0. The molecule has 2 heterocycles. The number of nitrogens with zero attached hydrogens (tertiary/aromatic N) is 3. The molecule has 7 nitrogen and oxygen atoms in total. The number of hydrogen-bond acceptors (Lipinski definition) is 5. The average Bonchev–Trinajstić information content (AvgIpc) is 2.90. The number of aldehydes is 1. The van der Waals surface area contributed by atoms with Gasteiger partial charge in [-0.3, -0.25) is 9.78 Å². The predicted molar refractivity (Wildman–Crippen MR) is 104 cm³/mol. The lowest BCUT2D eigenvalue weighted by Crippen LogP contribution is -2.32. The summed E-state index contributed by atoms with van der Waals surface area (Å²) in [6, 6.07) is 3.46. The van der Waals surface area contributed by atoms with Crippen LogP contribution in [0.1, 0.15) is 68.6 Å². The van der Waals surface area contributed by atoms with E-state index < -0.39 is 6.09 Å². The summed E-state index contributed by atoms with van der Waals surface area (Å²) in [6.45, 7) is 12.0. The summed E-state index contributed by atoms with van der Waals surface area (Å²) in [6.07, 6.45) is 1.70. The lowest BCUT2D eigenvalue weighted by molar-refractivity contribution is 0.0957. The van der Waals surface area contributed by atoms with Gasteiger partial charge in [-0.1, -0.05) is 34.6 Å². The van der Waals surface area contributed by atoms with E-state index in [1.807, 2.05) is 44.4 Å². The Balaban J connectivity index is 2.67. The summed E-state index contributed by atoms with van der Waals surface area (Å²) in [5.41, 5.74) is 7.60. The fraction of sp³-hybridized carbons (Fsp3) is 0.500. The molecule has 1 amide bonds. The van der Waals surface area contributed by atoms with E-state index >= 15 is 0 Å². The van der Waals surface area contributed by atoms with Gasteiger partial charge in [0.2, 0.25) is 0 Å². The van der Waals surface area contributed by atoms with E-state index in [9.17, 15) is 9.59 Å². The zero-order valence-corrected chi connectivity index (χ0v) is 16.8. The first-order valence-electron chi connectivity index (χ1n) is 8.99. The Bertz CT molecular complexity index is 834.